The zero-order valence-electron chi connectivity index (χ0n) is 17.3. The molecule has 8 heteroatoms. The van der Waals surface area contributed by atoms with Crippen LogP contribution < -0.4 is 14.8 Å². The molecular formula is C23H21ClN4O3. The van der Waals surface area contributed by atoms with Crippen LogP contribution in [0.15, 0.2) is 60.7 Å². The van der Waals surface area contributed by atoms with Gasteiger partial charge < -0.3 is 14.8 Å². The third-order valence-electron chi connectivity index (χ3n) is 4.47. The lowest BCUT2D eigenvalue weighted by Gasteiger charge is -2.11. The van der Waals surface area contributed by atoms with Gasteiger partial charge in [-0.1, -0.05) is 17.7 Å². The molecule has 0 unspecified atom stereocenters. The highest BCUT2D eigenvalue weighted by atomic mass is 35.5. The second kappa shape index (κ2) is 8.65. The summed E-state index contributed by atoms with van der Waals surface area (Å²) in [5.74, 6) is 0.997. The van der Waals surface area contributed by atoms with Crippen molar-refractivity contribution in [3.8, 4) is 17.2 Å². The highest BCUT2D eigenvalue weighted by Crippen LogP contribution is 2.27. The first-order valence-corrected chi connectivity index (χ1v) is 10.1. The molecule has 0 fully saturated rings. The number of hydrogen-bond acceptors (Lipinski definition) is 5. The molecule has 0 aliphatic carbocycles. The Morgan fingerprint density at radius 2 is 1.84 bits per heavy atom. The smallest absolute Gasteiger partial charge is 0.255 e. The van der Waals surface area contributed by atoms with E-state index >= 15 is 0 Å². The molecule has 0 bridgehead atoms. The Kier molecular flexibility index (Phi) is 5.77. The van der Waals surface area contributed by atoms with Crippen molar-refractivity contribution >= 4 is 34.2 Å². The van der Waals surface area contributed by atoms with Gasteiger partial charge >= 0.3 is 0 Å². The summed E-state index contributed by atoms with van der Waals surface area (Å²) >= 11 is 6.21. The number of nitrogens with zero attached hydrogens (tertiary/aromatic N) is 3. The molecule has 158 valence electrons. The van der Waals surface area contributed by atoms with Gasteiger partial charge in [-0.25, -0.2) is 0 Å². The second-order valence-corrected chi connectivity index (χ2v) is 7.57. The van der Waals surface area contributed by atoms with Crippen LogP contribution in [0.3, 0.4) is 0 Å². The Morgan fingerprint density at radius 1 is 1.03 bits per heavy atom. The largest absolute Gasteiger partial charge is 0.495 e. The lowest BCUT2D eigenvalue weighted by Crippen LogP contribution is -2.12. The molecule has 0 radical (unpaired) electrons. The number of methoxy groups -OCH3 is 1. The number of amides is 1. The highest BCUT2D eigenvalue weighted by Gasteiger charge is 2.11. The molecule has 7 nitrogen and oxygen atoms in total. The molecule has 1 heterocycles. The molecule has 31 heavy (non-hydrogen) atoms. The normalized spacial score (nSPS) is 11.0. The quantitative estimate of drug-likeness (QED) is 0.453. The van der Waals surface area contributed by atoms with Crippen LogP contribution in [0.1, 0.15) is 24.2 Å². The summed E-state index contributed by atoms with van der Waals surface area (Å²) in [6.07, 6.45) is 0.0314. The van der Waals surface area contributed by atoms with Crippen LogP contribution in [0.5, 0.6) is 11.5 Å². The Hall–Kier alpha value is -3.58. The van der Waals surface area contributed by atoms with Crippen molar-refractivity contribution in [1.29, 1.82) is 0 Å². The van der Waals surface area contributed by atoms with Crippen molar-refractivity contribution in [2.45, 2.75) is 20.0 Å². The van der Waals surface area contributed by atoms with E-state index in [1.807, 2.05) is 26.0 Å². The summed E-state index contributed by atoms with van der Waals surface area (Å²) in [4.78, 5) is 14.2. The zero-order chi connectivity index (χ0) is 22.0. The molecule has 4 aromatic rings. The third kappa shape index (κ3) is 4.62. The Bertz CT molecular complexity index is 1250. The summed E-state index contributed by atoms with van der Waals surface area (Å²) in [7, 11) is 1.56. The van der Waals surface area contributed by atoms with Gasteiger partial charge in [-0.15, -0.1) is 10.2 Å². The molecular weight excluding hydrogens is 416 g/mol. The molecule has 0 saturated carbocycles. The second-order valence-electron chi connectivity index (χ2n) is 7.16. The monoisotopic (exact) mass is 436 g/mol. The number of carbonyl (C=O) groups excluding carboxylic acids is 1. The maximum absolute atomic E-state index is 12.7. The van der Waals surface area contributed by atoms with Crippen LogP contribution in [0.4, 0.5) is 5.69 Å². The van der Waals surface area contributed by atoms with Crippen LogP contribution >= 0.6 is 11.6 Å². The van der Waals surface area contributed by atoms with E-state index in [-0.39, 0.29) is 12.0 Å². The van der Waals surface area contributed by atoms with E-state index in [0.717, 1.165) is 0 Å². The number of ether oxygens (including phenoxy) is 2. The summed E-state index contributed by atoms with van der Waals surface area (Å²) < 4.78 is 10.8. The van der Waals surface area contributed by atoms with Crippen LogP contribution in [0, 0.1) is 0 Å². The van der Waals surface area contributed by atoms with E-state index in [1.165, 1.54) is 4.80 Å². The van der Waals surface area contributed by atoms with Crippen LogP contribution in [-0.2, 0) is 0 Å². The summed E-state index contributed by atoms with van der Waals surface area (Å²) in [6, 6.07) is 17.8. The van der Waals surface area contributed by atoms with Gasteiger partial charge in [-0.2, -0.15) is 4.80 Å². The molecule has 0 spiro atoms. The van der Waals surface area contributed by atoms with Crippen molar-refractivity contribution in [2.24, 2.45) is 0 Å². The number of benzene rings is 3. The first-order chi connectivity index (χ1) is 14.9. The molecule has 4 rings (SSSR count). The topological polar surface area (TPSA) is 78.3 Å². The average Bonchev–Trinajstić information content (AvgIpc) is 3.17. The van der Waals surface area contributed by atoms with Gasteiger partial charge in [0.15, 0.2) is 0 Å². The fourth-order valence-corrected chi connectivity index (χ4v) is 3.33. The summed E-state index contributed by atoms with van der Waals surface area (Å²) in [6.45, 7) is 3.88. The maximum atomic E-state index is 12.7. The number of aromatic nitrogens is 3. The molecule has 1 N–H and O–H groups in total. The van der Waals surface area contributed by atoms with E-state index in [2.05, 4.69) is 15.5 Å². The van der Waals surface area contributed by atoms with Crippen LogP contribution in [-0.4, -0.2) is 34.1 Å². The zero-order valence-corrected chi connectivity index (χ0v) is 18.1. The van der Waals surface area contributed by atoms with Crippen LogP contribution in [0.2, 0.25) is 5.02 Å². The van der Waals surface area contributed by atoms with Crippen molar-refractivity contribution < 1.29 is 14.3 Å². The van der Waals surface area contributed by atoms with Crippen molar-refractivity contribution in [2.75, 3.05) is 12.4 Å². The van der Waals surface area contributed by atoms with Gasteiger partial charge in [-0.05, 0) is 68.4 Å². The first kappa shape index (κ1) is 20.7. The lowest BCUT2D eigenvalue weighted by molar-refractivity contribution is 0.102. The van der Waals surface area contributed by atoms with Crippen LogP contribution in [0.25, 0.3) is 16.7 Å². The first-order valence-electron chi connectivity index (χ1n) is 9.72. The molecule has 3 aromatic carbocycles. The van der Waals surface area contributed by atoms with Gasteiger partial charge in [0, 0.05) is 11.3 Å². The summed E-state index contributed by atoms with van der Waals surface area (Å²) in [5, 5.41) is 12.3. The fourth-order valence-electron chi connectivity index (χ4n) is 3.07. The summed E-state index contributed by atoms with van der Waals surface area (Å²) in [5.41, 5.74) is 3.16. The van der Waals surface area contributed by atoms with E-state index in [4.69, 9.17) is 21.1 Å². The number of fused-ring (bicyclic) bond motifs is 1. The number of rotatable bonds is 6. The predicted molar refractivity (Wildman–Crippen MR) is 121 cm³/mol. The fraction of sp³-hybridized carbons (Fsp3) is 0.174. The predicted octanol–water partition coefficient (Wildman–Crippen LogP) is 5.12. The minimum absolute atomic E-state index is 0.0314. The molecule has 1 amide bonds. The lowest BCUT2D eigenvalue weighted by atomic mass is 10.2. The number of anilines is 1. The number of halogens is 1. The molecule has 1 aromatic heterocycles. The van der Waals surface area contributed by atoms with E-state index in [0.29, 0.717) is 44.5 Å². The van der Waals surface area contributed by atoms with Crippen molar-refractivity contribution in [1.82, 2.24) is 15.0 Å². The molecule has 0 aliphatic rings. The Balaban J connectivity index is 1.56. The Morgan fingerprint density at radius 3 is 2.58 bits per heavy atom. The standard InChI is InChI=1S/C23H21ClN4O3/c1-14(2)31-18-6-4-5-15(11-18)23(29)25-16-7-9-20-21(12-16)27-28(26-20)17-8-10-22(30-3)19(24)13-17/h4-14H,1-3H3,(H,25,29). The van der Waals surface area contributed by atoms with Gasteiger partial charge in [0.25, 0.3) is 5.91 Å². The SMILES string of the molecule is COc1ccc(-n2nc3ccc(NC(=O)c4cccc(OC(C)C)c4)cc3n2)cc1Cl. The van der Waals surface area contributed by atoms with Gasteiger partial charge in [0.2, 0.25) is 0 Å². The maximum Gasteiger partial charge on any atom is 0.255 e. The molecule has 0 saturated heterocycles. The third-order valence-corrected chi connectivity index (χ3v) is 4.77. The van der Waals surface area contributed by atoms with Gasteiger partial charge in [0.1, 0.15) is 22.5 Å². The highest BCUT2D eigenvalue weighted by molar-refractivity contribution is 6.32. The van der Waals surface area contributed by atoms with Crippen molar-refractivity contribution in [3.63, 3.8) is 0 Å². The van der Waals surface area contributed by atoms with E-state index < -0.39 is 0 Å². The van der Waals surface area contributed by atoms with Gasteiger partial charge in [0.05, 0.1) is 23.9 Å². The van der Waals surface area contributed by atoms with E-state index in [1.54, 1.807) is 55.6 Å². The average molecular weight is 437 g/mol. The molecule has 0 aliphatic heterocycles. The van der Waals surface area contributed by atoms with Crippen molar-refractivity contribution in [3.05, 3.63) is 71.2 Å². The molecule has 0 atom stereocenters. The van der Waals surface area contributed by atoms with Gasteiger partial charge in [-0.3, -0.25) is 4.79 Å². The Labute approximate surface area is 184 Å². The minimum Gasteiger partial charge on any atom is -0.495 e. The number of hydrogen-bond donors (Lipinski definition) is 1. The minimum atomic E-state index is -0.233. The number of nitrogens with one attached hydrogen (secondary N) is 1. The number of carbonyl (C=O) groups is 1. The van der Waals surface area contributed by atoms with E-state index in [9.17, 15) is 4.79 Å².